The first-order chi connectivity index (χ1) is 8.63. The van der Waals surface area contributed by atoms with Crippen molar-refractivity contribution in [1.82, 2.24) is 5.32 Å². The van der Waals surface area contributed by atoms with Gasteiger partial charge < -0.3 is 5.32 Å². The number of halogens is 1. The Morgan fingerprint density at radius 2 is 1.94 bits per heavy atom. The molecule has 100 valence electrons. The Bertz CT molecular complexity index is 351. The Balaban J connectivity index is 2.36. The standard InChI is InChI=1S/C15H22BrNO/c1-12(2)14(10-11-16)17-15(18)9-8-13-6-4-3-5-7-13/h3-7,12,14H,8-11H2,1-2H3,(H,17,18). The second-order valence-electron chi connectivity index (χ2n) is 4.88. The average Bonchev–Trinajstić information content (AvgIpc) is 2.37. The lowest BCUT2D eigenvalue weighted by Crippen LogP contribution is -2.38. The number of carbonyl (C=O) groups is 1. The Morgan fingerprint density at radius 1 is 1.28 bits per heavy atom. The van der Waals surface area contributed by atoms with Gasteiger partial charge in [-0.15, -0.1) is 0 Å². The molecule has 0 spiro atoms. The van der Waals surface area contributed by atoms with Gasteiger partial charge in [-0.25, -0.2) is 0 Å². The number of rotatable bonds is 7. The predicted molar refractivity (Wildman–Crippen MR) is 79.9 cm³/mol. The number of aryl methyl sites for hydroxylation is 1. The molecule has 0 heterocycles. The van der Waals surface area contributed by atoms with Crippen molar-refractivity contribution in [2.24, 2.45) is 5.92 Å². The molecule has 1 unspecified atom stereocenters. The van der Waals surface area contributed by atoms with E-state index in [9.17, 15) is 4.79 Å². The highest BCUT2D eigenvalue weighted by Gasteiger charge is 2.15. The van der Waals surface area contributed by atoms with E-state index in [1.54, 1.807) is 0 Å². The predicted octanol–water partition coefficient (Wildman–Crippen LogP) is 3.55. The summed E-state index contributed by atoms with van der Waals surface area (Å²) in [5.74, 6) is 0.627. The quantitative estimate of drug-likeness (QED) is 0.767. The molecule has 0 bridgehead atoms. The van der Waals surface area contributed by atoms with Crippen molar-refractivity contribution in [1.29, 1.82) is 0 Å². The maximum absolute atomic E-state index is 11.9. The molecular formula is C15H22BrNO. The van der Waals surface area contributed by atoms with Gasteiger partial charge in [-0.2, -0.15) is 0 Å². The van der Waals surface area contributed by atoms with Gasteiger partial charge in [0.2, 0.25) is 5.91 Å². The molecule has 0 aliphatic rings. The van der Waals surface area contributed by atoms with Crippen molar-refractivity contribution >= 4 is 21.8 Å². The zero-order valence-corrected chi connectivity index (χ0v) is 12.7. The molecule has 1 N–H and O–H groups in total. The molecule has 1 aromatic rings. The second-order valence-corrected chi connectivity index (χ2v) is 5.67. The lowest BCUT2D eigenvalue weighted by molar-refractivity contribution is -0.122. The Morgan fingerprint density at radius 3 is 2.50 bits per heavy atom. The molecule has 3 heteroatoms. The maximum atomic E-state index is 11.9. The Labute approximate surface area is 118 Å². The summed E-state index contributed by atoms with van der Waals surface area (Å²) in [4.78, 5) is 11.9. The van der Waals surface area contributed by atoms with Gasteiger partial charge in [0.1, 0.15) is 0 Å². The van der Waals surface area contributed by atoms with Crippen molar-refractivity contribution in [3.63, 3.8) is 0 Å². The van der Waals surface area contributed by atoms with Crippen molar-refractivity contribution in [2.45, 2.75) is 39.2 Å². The summed E-state index contributed by atoms with van der Waals surface area (Å²) in [7, 11) is 0. The van der Waals surface area contributed by atoms with E-state index in [1.165, 1.54) is 5.56 Å². The molecule has 1 rings (SSSR count). The monoisotopic (exact) mass is 311 g/mol. The summed E-state index contributed by atoms with van der Waals surface area (Å²) < 4.78 is 0. The molecular weight excluding hydrogens is 290 g/mol. The summed E-state index contributed by atoms with van der Waals surface area (Å²) >= 11 is 3.43. The van der Waals surface area contributed by atoms with Crippen molar-refractivity contribution < 1.29 is 4.79 Å². The molecule has 0 fully saturated rings. The van der Waals surface area contributed by atoms with E-state index in [4.69, 9.17) is 0 Å². The average molecular weight is 312 g/mol. The minimum absolute atomic E-state index is 0.151. The van der Waals surface area contributed by atoms with Crippen LogP contribution in [0.3, 0.4) is 0 Å². The lowest BCUT2D eigenvalue weighted by atomic mass is 10.0. The van der Waals surface area contributed by atoms with Crippen LogP contribution < -0.4 is 5.32 Å². The summed E-state index contributed by atoms with van der Waals surface area (Å²) in [6.45, 7) is 4.29. The van der Waals surface area contributed by atoms with Crippen molar-refractivity contribution in [2.75, 3.05) is 5.33 Å². The van der Waals surface area contributed by atoms with Crippen LogP contribution in [-0.4, -0.2) is 17.3 Å². The third-order valence-electron chi connectivity index (χ3n) is 3.05. The number of hydrogen-bond acceptors (Lipinski definition) is 1. The van der Waals surface area contributed by atoms with E-state index in [-0.39, 0.29) is 11.9 Å². The molecule has 0 aromatic heterocycles. The highest BCUT2D eigenvalue weighted by molar-refractivity contribution is 9.09. The summed E-state index contributed by atoms with van der Waals surface area (Å²) in [5, 5.41) is 4.04. The van der Waals surface area contributed by atoms with Crippen molar-refractivity contribution in [3.8, 4) is 0 Å². The topological polar surface area (TPSA) is 29.1 Å². The number of benzene rings is 1. The van der Waals surface area contributed by atoms with Crippen LogP contribution in [0, 0.1) is 5.92 Å². The number of alkyl halides is 1. The van der Waals surface area contributed by atoms with Crippen LogP contribution in [0.4, 0.5) is 0 Å². The highest BCUT2D eigenvalue weighted by atomic mass is 79.9. The fraction of sp³-hybridized carbons (Fsp3) is 0.533. The molecule has 1 atom stereocenters. The fourth-order valence-electron chi connectivity index (χ4n) is 1.87. The van der Waals surface area contributed by atoms with E-state index in [0.717, 1.165) is 18.2 Å². The van der Waals surface area contributed by atoms with Crippen LogP contribution in [0.1, 0.15) is 32.3 Å². The SMILES string of the molecule is CC(C)C(CCBr)NC(=O)CCc1ccccc1. The van der Waals surface area contributed by atoms with E-state index in [0.29, 0.717) is 12.3 Å². The number of amides is 1. The van der Waals surface area contributed by atoms with Crippen LogP contribution >= 0.6 is 15.9 Å². The van der Waals surface area contributed by atoms with Gasteiger partial charge in [0.05, 0.1) is 0 Å². The van der Waals surface area contributed by atoms with Gasteiger partial charge in [-0.3, -0.25) is 4.79 Å². The first kappa shape index (κ1) is 15.2. The molecule has 0 radical (unpaired) electrons. The number of hydrogen-bond donors (Lipinski definition) is 1. The lowest BCUT2D eigenvalue weighted by Gasteiger charge is -2.21. The highest BCUT2D eigenvalue weighted by Crippen LogP contribution is 2.09. The summed E-state index contributed by atoms with van der Waals surface area (Å²) in [6, 6.07) is 10.4. The van der Waals surface area contributed by atoms with Gasteiger partial charge in [0.25, 0.3) is 0 Å². The molecule has 0 saturated carbocycles. The Hall–Kier alpha value is -0.830. The molecule has 18 heavy (non-hydrogen) atoms. The van der Waals surface area contributed by atoms with Gasteiger partial charge in [0.15, 0.2) is 0 Å². The van der Waals surface area contributed by atoms with E-state index >= 15 is 0 Å². The van der Waals surface area contributed by atoms with Crippen molar-refractivity contribution in [3.05, 3.63) is 35.9 Å². The second kappa shape index (κ2) is 8.30. The summed E-state index contributed by atoms with van der Waals surface area (Å²) in [5.41, 5.74) is 1.22. The van der Waals surface area contributed by atoms with Crippen LogP contribution in [0.2, 0.25) is 0 Å². The van der Waals surface area contributed by atoms with Crippen LogP contribution in [-0.2, 0) is 11.2 Å². The Kier molecular flexibility index (Phi) is 7.02. The largest absolute Gasteiger partial charge is 0.353 e. The van der Waals surface area contributed by atoms with E-state index < -0.39 is 0 Å². The van der Waals surface area contributed by atoms with Crippen LogP contribution in [0.5, 0.6) is 0 Å². The van der Waals surface area contributed by atoms with E-state index in [1.807, 2.05) is 18.2 Å². The van der Waals surface area contributed by atoms with Gasteiger partial charge >= 0.3 is 0 Å². The van der Waals surface area contributed by atoms with Gasteiger partial charge in [-0.1, -0.05) is 60.1 Å². The summed E-state index contributed by atoms with van der Waals surface area (Å²) in [6.07, 6.45) is 2.36. The molecule has 1 amide bonds. The van der Waals surface area contributed by atoms with Crippen LogP contribution in [0.15, 0.2) is 30.3 Å². The molecule has 2 nitrogen and oxygen atoms in total. The molecule has 1 aromatic carbocycles. The number of carbonyl (C=O) groups excluding carboxylic acids is 1. The normalized spacial score (nSPS) is 12.4. The minimum atomic E-state index is 0.151. The third-order valence-corrected chi connectivity index (χ3v) is 3.51. The van der Waals surface area contributed by atoms with Crippen LogP contribution in [0.25, 0.3) is 0 Å². The molecule has 0 aliphatic heterocycles. The van der Waals surface area contributed by atoms with Gasteiger partial charge in [0, 0.05) is 17.8 Å². The zero-order valence-electron chi connectivity index (χ0n) is 11.2. The first-order valence-electron chi connectivity index (χ1n) is 6.52. The third kappa shape index (κ3) is 5.67. The van der Waals surface area contributed by atoms with E-state index in [2.05, 4.69) is 47.2 Å². The zero-order chi connectivity index (χ0) is 13.4. The number of nitrogens with one attached hydrogen (secondary N) is 1. The fourth-order valence-corrected chi connectivity index (χ4v) is 2.36. The smallest absolute Gasteiger partial charge is 0.220 e. The maximum Gasteiger partial charge on any atom is 0.220 e. The minimum Gasteiger partial charge on any atom is -0.353 e. The molecule has 0 saturated heterocycles. The molecule has 0 aliphatic carbocycles. The first-order valence-corrected chi connectivity index (χ1v) is 7.65. The van der Waals surface area contributed by atoms with Gasteiger partial charge in [-0.05, 0) is 24.3 Å².